The highest BCUT2D eigenvalue weighted by molar-refractivity contribution is 5.95. The number of benzene rings is 1. The number of carbonyl (C=O) groups excluding carboxylic acids is 2. The molecule has 126 valence electrons. The number of ether oxygens (including phenoxy) is 2. The van der Waals surface area contributed by atoms with Crippen molar-refractivity contribution in [2.75, 3.05) is 13.7 Å². The molecule has 23 heavy (non-hydrogen) atoms. The summed E-state index contributed by atoms with van der Waals surface area (Å²) in [6, 6.07) is 5.09. The smallest absolute Gasteiger partial charge is 0.255 e. The fourth-order valence-electron chi connectivity index (χ4n) is 2.86. The molecule has 1 aromatic carbocycles. The van der Waals surface area contributed by atoms with Gasteiger partial charge in [-0.25, -0.2) is 0 Å². The predicted molar refractivity (Wildman–Crippen MR) is 86.6 cm³/mol. The highest BCUT2D eigenvalue weighted by atomic mass is 16.5. The number of methoxy groups -OCH3 is 1. The van der Waals surface area contributed by atoms with Crippen LogP contribution < -0.4 is 20.5 Å². The third kappa shape index (κ3) is 4.61. The second-order valence-corrected chi connectivity index (χ2v) is 5.96. The zero-order valence-corrected chi connectivity index (χ0v) is 13.6. The molecule has 2 rings (SSSR count). The molecule has 0 heterocycles. The quantitative estimate of drug-likeness (QED) is 0.837. The molecule has 1 saturated carbocycles. The number of rotatable bonds is 6. The van der Waals surface area contributed by atoms with E-state index in [1.807, 2.05) is 0 Å². The van der Waals surface area contributed by atoms with Gasteiger partial charge in [0.05, 0.1) is 7.11 Å². The van der Waals surface area contributed by atoms with Gasteiger partial charge in [-0.15, -0.1) is 0 Å². The fourth-order valence-corrected chi connectivity index (χ4v) is 2.86. The van der Waals surface area contributed by atoms with Gasteiger partial charge in [-0.2, -0.15) is 0 Å². The largest absolute Gasteiger partial charge is 0.493 e. The summed E-state index contributed by atoms with van der Waals surface area (Å²) in [6.45, 7) is 1.94. The number of carbonyl (C=O) groups is 2. The molecule has 2 amide bonds. The van der Waals surface area contributed by atoms with E-state index in [4.69, 9.17) is 15.2 Å². The lowest BCUT2D eigenvalue weighted by molar-refractivity contribution is -0.119. The molecule has 0 spiro atoms. The van der Waals surface area contributed by atoms with E-state index in [9.17, 15) is 9.59 Å². The topological polar surface area (TPSA) is 90.7 Å². The summed E-state index contributed by atoms with van der Waals surface area (Å²) in [5.74, 6) is 0.584. The Morgan fingerprint density at radius 3 is 2.65 bits per heavy atom. The molecule has 0 saturated heterocycles. The van der Waals surface area contributed by atoms with Crippen molar-refractivity contribution in [3.8, 4) is 11.5 Å². The zero-order valence-electron chi connectivity index (χ0n) is 13.6. The lowest BCUT2D eigenvalue weighted by atomic mass is 9.86. The highest BCUT2D eigenvalue weighted by Crippen LogP contribution is 2.29. The van der Waals surface area contributed by atoms with E-state index in [2.05, 4.69) is 12.2 Å². The van der Waals surface area contributed by atoms with Gasteiger partial charge in [-0.05, 0) is 37.0 Å². The van der Waals surface area contributed by atoms with Crippen LogP contribution in [-0.2, 0) is 4.79 Å². The maximum atomic E-state index is 12.4. The Balaban J connectivity index is 2.06. The van der Waals surface area contributed by atoms with Gasteiger partial charge < -0.3 is 20.5 Å². The minimum atomic E-state index is -0.569. The van der Waals surface area contributed by atoms with Crippen LogP contribution in [0.2, 0.25) is 0 Å². The molecule has 1 fully saturated rings. The average Bonchev–Trinajstić information content (AvgIpc) is 2.54. The van der Waals surface area contributed by atoms with Crippen LogP contribution in [0.15, 0.2) is 18.2 Å². The standard InChI is InChI=1S/C17H24N2O4/c1-11-5-3-4-6-13(11)19-17(21)12-7-8-14(15(9-12)22-2)23-10-16(18)20/h7-9,11,13H,3-6,10H2,1-2H3,(H2,18,20)(H,19,21)/t11-,13+/m0/s1. The fraction of sp³-hybridized carbons (Fsp3) is 0.529. The van der Waals surface area contributed by atoms with Crippen molar-refractivity contribution < 1.29 is 19.1 Å². The number of primary amides is 1. The molecule has 0 bridgehead atoms. The summed E-state index contributed by atoms with van der Waals surface area (Å²) in [6.07, 6.45) is 4.55. The first-order valence-electron chi connectivity index (χ1n) is 7.91. The number of nitrogens with two attached hydrogens (primary N) is 1. The summed E-state index contributed by atoms with van der Waals surface area (Å²) in [4.78, 5) is 23.2. The molecule has 6 nitrogen and oxygen atoms in total. The predicted octanol–water partition coefficient (Wildman–Crippen LogP) is 1.87. The van der Waals surface area contributed by atoms with Crippen LogP contribution in [0.5, 0.6) is 11.5 Å². The van der Waals surface area contributed by atoms with Crippen molar-refractivity contribution in [1.82, 2.24) is 5.32 Å². The van der Waals surface area contributed by atoms with Gasteiger partial charge in [-0.1, -0.05) is 19.8 Å². The van der Waals surface area contributed by atoms with Crippen molar-refractivity contribution >= 4 is 11.8 Å². The molecule has 1 aliphatic carbocycles. The molecule has 2 atom stereocenters. The van der Waals surface area contributed by atoms with Crippen LogP contribution in [0.3, 0.4) is 0 Å². The summed E-state index contributed by atoms with van der Waals surface area (Å²) in [5, 5.41) is 3.10. The summed E-state index contributed by atoms with van der Waals surface area (Å²) < 4.78 is 10.5. The number of amides is 2. The van der Waals surface area contributed by atoms with Gasteiger partial charge in [-0.3, -0.25) is 9.59 Å². The second kappa shape index (κ2) is 7.85. The van der Waals surface area contributed by atoms with Gasteiger partial charge >= 0.3 is 0 Å². The van der Waals surface area contributed by atoms with Gasteiger partial charge in [0.15, 0.2) is 18.1 Å². The lowest BCUT2D eigenvalue weighted by Gasteiger charge is -2.29. The summed E-state index contributed by atoms with van der Waals surface area (Å²) in [7, 11) is 1.48. The van der Waals surface area contributed by atoms with E-state index in [-0.39, 0.29) is 18.6 Å². The molecule has 6 heteroatoms. The first-order valence-corrected chi connectivity index (χ1v) is 7.91. The normalized spacial score (nSPS) is 20.6. The maximum absolute atomic E-state index is 12.4. The second-order valence-electron chi connectivity index (χ2n) is 5.96. The van der Waals surface area contributed by atoms with Crippen LogP contribution in [0.1, 0.15) is 43.0 Å². The van der Waals surface area contributed by atoms with E-state index in [1.165, 1.54) is 13.5 Å². The molecule has 0 radical (unpaired) electrons. The first-order chi connectivity index (χ1) is 11.0. The van der Waals surface area contributed by atoms with E-state index in [0.717, 1.165) is 19.3 Å². The Hall–Kier alpha value is -2.24. The number of hydrogen-bond donors (Lipinski definition) is 2. The maximum Gasteiger partial charge on any atom is 0.255 e. The molecule has 3 N–H and O–H groups in total. The van der Waals surface area contributed by atoms with Crippen molar-refractivity contribution in [3.05, 3.63) is 23.8 Å². The minimum absolute atomic E-state index is 0.122. The number of hydrogen-bond acceptors (Lipinski definition) is 4. The van der Waals surface area contributed by atoms with Gasteiger partial charge in [0.1, 0.15) is 0 Å². The van der Waals surface area contributed by atoms with E-state index in [1.54, 1.807) is 18.2 Å². The van der Waals surface area contributed by atoms with Crippen molar-refractivity contribution in [3.63, 3.8) is 0 Å². The van der Waals surface area contributed by atoms with E-state index in [0.29, 0.717) is 23.0 Å². The minimum Gasteiger partial charge on any atom is -0.493 e. The van der Waals surface area contributed by atoms with Gasteiger partial charge in [0.2, 0.25) is 0 Å². The van der Waals surface area contributed by atoms with E-state index < -0.39 is 5.91 Å². The van der Waals surface area contributed by atoms with Crippen LogP contribution in [0.4, 0.5) is 0 Å². The van der Waals surface area contributed by atoms with Gasteiger partial charge in [0, 0.05) is 11.6 Å². The third-order valence-electron chi connectivity index (χ3n) is 4.22. The lowest BCUT2D eigenvalue weighted by Crippen LogP contribution is -2.41. The highest BCUT2D eigenvalue weighted by Gasteiger charge is 2.23. The Kier molecular flexibility index (Phi) is 5.84. The Labute approximate surface area is 136 Å². The number of nitrogens with one attached hydrogen (secondary N) is 1. The van der Waals surface area contributed by atoms with Crippen LogP contribution >= 0.6 is 0 Å². The third-order valence-corrected chi connectivity index (χ3v) is 4.22. The van der Waals surface area contributed by atoms with E-state index >= 15 is 0 Å². The first kappa shape index (κ1) is 17.1. The summed E-state index contributed by atoms with van der Waals surface area (Å²) in [5.41, 5.74) is 5.56. The van der Waals surface area contributed by atoms with Crippen LogP contribution in [0.25, 0.3) is 0 Å². The molecule has 0 aliphatic heterocycles. The monoisotopic (exact) mass is 320 g/mol. The summed E-state index contributed by atoms with van der Waals surface area (Å²) >= 11 is 0. The van der Waals surface area contributed by atoms with Crippen LogP contribution in [-0.4, -0.2) is 31.6 Å². The molecule has 1 aromatic rings. The molecular formula is C17H24N2O4. The molecule has 0 aromatic heterocycles. The Morgan fingerprint density at radius 1 is 1.26 bits per heavy atom. The van der Waals surface area contributed by atoms with Crippen molar-refractivity contribution in [2.24, 2.45) is 11.7 Å². The van der Waals surface area contributed by atoms with Crippen molar-refractivity contribution in [1.29, 1.82) is 0 Å². The van der Waals surface area contributed by atoms with Crippen molar-refractivity contribution in [2.45, 2.75) is 38.6 Å². The Bertz CT molecular complexity index is 574. The molecule has 1 aliphatic rings. The average molecular weight is 320 g/mol. The van der Waals surface area contributed by atoms with Gasteiger partial charge in [0.25, 0.3) is 11.8 Å². The zero-order chi connectivity index (χ0) is 16.8. The molecular weight excluding hydrogens is 296 g/mol. The molecule has 0 unspecified atom stereocenters. The Morgan fingerprint density at radius 2 is 2.00 bits per heavy atom. The SMILES string of the molecule is COc1cc(C(=O)N[C@@H]2CCCC[C@@H]2C)ccc1OCC(N)=O. The van der Waals surface area contributed by atoms with Crippen LogP contribution in [0, 0.1) is 5.92 Å².